The summed E-state index contributed by atoms with van der Waals surface area (Å²) in [6.07, 6.45) is -2.36. The summed E-state index contributed by atoms with van der Waals surface area (Å²) in [5.74, 6) is -1.39. The Labute approximate surface area is 81.9 Å². The average Bonchev–Trinajstić information content (AvgIpc) is 1.96. The Morgan fingerprint density at radius 1 is 1.43 bits per heavy atom. The van der Waals surface area contributed by atoms with E-state index in [0.29, 0.717) is 0 Å². The molecule has 0 saturated heterocycles. The predicted molar refractivity (Wildman–Crippen MR) is 47.9 cm³/mol. The van der Waals surface area contributed by atoms with Crippen LogP contribution in [0.2, 0.25) is 0 Å². The maximum absolute atomic E-state index is 10.9. The first-order valence-corrected chi connectivity index (χ1v) is 4.10. The number of amides is 1. The van der Waals surface area contributed by atoms with Crippen molar-refractivity contribution in [2.24, 2.45) is 0 Å². The van der Waals surface area contributed by atoms with Gasteiger partial charge >= 0.3 is 12.1 Å². The Balaban J connectivity index is 3.81. The maximum atomic E-state index is 10.9. The highest BCUT2D eigenvalue weighted by Crippen LogP contribution is 2.06. The van der Waals surface area contributed by atoms with Gasteiger partial charge < -0.3 is 20.3 Å². The number of nitrogens with one attached hydrogen (secondary N) is 1. The van der Waals surface area contributed by atoms with Crippen LogP contribution in [-0.4, -0.2) is 40.5 Å². The number of aliphatic hydroxyl groups is 1. The van der Waals surface area contributed by atoms with Gasteiger partial charge in [-0.1, -0.05) is 0 Å². The van der Waals surface area contributed by atoms with Crippen LogP contribution in [0, 0.1) is 0 Å². The minimum atomic E-state index is -1.61. The van der Waals surface area contributed by atoms with E-state index in [2.05, 4.69) is 5.32 Å². The van der Waals surface area contributed by atoms with Gasteiger partial charge in [0.15, 0.2) is 6.10 Å². The molecule has 6 heteroatoms. The summed E-state index contributed by atoms with van der Waals surface area (Å²) >= 11 is 0. The van der Waals surface area contributed by atoms with Crippen LogP contribution in [0.15, 0.2) is 0 Å². The van der Waals surface area contributed by atoms with Crippen LogP contribution in [-0.2, 0) is 9.53 Å². The number of aliphatic hydroxyl groups excluding tert-OH is 1. The minimum absolute atomic E-state index is 0.371. The molecule has 0 fully saturated rings. The minimum Gasteiger partial charge on any atom is -0.479 e. The number of hydrogen-bond donors (Lipinski definition) is 3. The lowest BCUT2D eigenvalue weighted by atomic mass is 10.2. The van der Waals surface area contributed by atoms with E-state index < -0.39 is 23.8 Å². The summed E-state index contributed by atoms with van der Waals surface area (Å²) in [5.41, 5.74) is -0.641. The number of carbonyl (C=O) groups excluding carboxylic acids is 1. The van der Waals surface area contributed by atoms with Crippen LogP contribution in [0.3, 0.4) is 0 Å². The summed E-state index contributed by atoms with van der Waals surface area (Å²) in [6.45, 7) is 4.67. The quantitative estimate of drug-likeness (QED) is 0.600. The van der Waals surface area contributed by atoms with Gasteiger partial charge in [0.1, 0.15) is 5.60 Å². The number of carboxylic acid groups (broad SMARTS) is 1. The Kier molecular flexibility index (Phi) is 4.36. The van der Waals surface area contributed by atoms with Crippen LogP contribution >= 0.6 is 0 Å². The van der Waals surface area contributed by atoms with Crippen molar-refractivity contribution in [3.05, 3.63) is 0 Å². The van der Waals surface area contributed by atoms with Crippen molar-refractivity contribution < 1.29 is 24.5 Å². The standard InChI is InChI=1S/C8H15NO5/c1-8(2,3)14-7(13)9-4-5(10)6(11)12/h5,10H,4H2,1-3H3,(H,9,13)(H,11,12)/t5-/m0/s1. The van der Waals surface area contributed by atoms with Crippen molar-refractivity contribution in [2.45, 2.75) is 32.5 Å². The Bertz CT molecular complexity index is 220. The van der Waals surface area contributed by atoms with Crippen molar-refractivity contribution in [3.8, 4) is 0 Å². The van der Waals surface area contributed by atoms with Crippen molar-refractivity contribution in [3.63, 3.8) is 0 Å². The third kappa shape index (κ3) is 6.24. The largest absolute Gasteiger partial charge is 0.479 e. The molecule has 0 heterocycles. The lowest BCUT2D eigenvalue weighted by Crippen LogP contribution is -2.39. The van der Waals surface area contributed by atoms with Gasteiger partial charge in [-0.2, -0.15) is 0 Å². The molecular formula is C8H15NO5. The van der Waals surface area contributed by atoms with Gasteiger partial charge in [-0.05, 0) is 20.8 Å². The van der Waals surface area contributed by atoms with Gasteiger partial charge in [0.25, 0.3) is 0 Å². The first kappa shape index (κ1) is 12.7. The molecule has 1 atom stereocenters. The van der Waals surface area contributed by atoms with E-state index in [0.717, 1.165) is 0 Å². The monoisotopic (exact) mass is 205 g/mol. The van der Waals surface area contributed by atoms with Gasteiger partial charge in [-0.25, -0.2) is 9.59 Å². The molecule has 3 N–H and O–H groups in total. The third-order valence-corrected chi connectivity index (χ3v) is 1.12. The Morgan fingerprint density at radius 3 is 2.29 bits per heavy atom. The highest BCUT2D eigenvalue weighted by Gasteiger charge is 2.18. The lowest BCUT2D eigenvalue weighted by molar-refractivity contribution is -0.146. The number of rotatable bonds is 3. The topological polar surface area (TPSA) is 95.9 Å². The van der Waals surface area contributed by atoms with Crippen molar-refractivity contribution in [1.82, 2.24) is 5.32 Å². The molecule has 0 spiro atoms. The second-order valence-electron chi connectivity index (χ2n) is 3.74. The molecule has 0 saturated carbocycles. The fourth-order valence-corrected chi connectivity index (χ4v) is 0.581. The number of aliphatic carboxylic acids is 1. The zero-order valence-corrected chi connectivity index (χ0v) is 8.40. The van der Waals surface area contributed by atoms with Gasteiger partial charge in [0.2, 0.25) is 0 Å². The van der Waals surface area contributed by atoms with E-state index in [4.69, 9.17) is 14.9 Å². The van der Waals surface area contributed by atoms with Crippen molar-refractivity contribution in [2.75, 3.05) is 6.54 Å². The lowest BCUT2D eigenvalue weighted by Gasteiger charge is -2.19. The molecule has 1 amide bonds. The molecule has 14 heavy (non-hydrogen) atoms. The Morgan fingerprint density at radius 2 is 1.93 bits per heavy atom. The van der Waals surface area contributed by atoms with E-state index in [-0.39, 0.29) is 6.54 Å². The summed E-state index contributed by atoms with van der Waals surface area (Å²) in [6, 6.07) is 0. The second kappa shape index (κ2) is 4.80. The van der Waals surface area contributed by atoms with Crippen LogP contribution in [0.25, 0.3) is 0 Å². The van der Waals surface area contributed by atoms with Crippen LogP contribution in [0.4, 0.5) is 4.79 Å². The highest BCUT2D eigenvalue weighted by atomic mass is 16.6. The molecule has 0 aliphatic heterocycles. The Hall–Kier alpha value is -1.30. The van der Waals surface area contributed by atoms with Crippen molar-refractivity contribution >= 4 is 12.1 Å². The predicted octanol–water partition coefficient (Wildman–Crippen LogP) is -0.0434. The number of ether oxygens (including phenoxy) is 1. The number of alkyl carbamates (subject to hydrolysis) is 1. The third-order valence-electron chi connectivity index (χ3n) is 1.12. The van der Waals surface area contributed by atoms with Crippen LogP contribution in [0.1, 0.15) is 20.8 Å². The van der Waals surface area contributed by atoms with Gasteiger partial charge in [-0.15, -0.1) is 0 Å². The fraction of sp³-hybridized carbons (Fsp3) is 0.750. The summed E-state index contributed by atoms with van der Waals surface area (Å²) in [5, 5.41) is 19.2. The van der Waals surface area contributed by atoms with Crippen LogP contribution in [0.5, 0.6) is 0 Å². The highest BCUT2D eigenvalue weighted by molar-refractivity contribution is 5.74. The molecule has 0 aliphatic rings. The first-order valence-electron chi connectivity index (χ1n) is 4.10. The molecule has 82 valence electrons. The molecule has 6 nitrogen and oxygen atoms in total. The van der Waals surface area contributed by atoms with Gasteiger partial charge in [0.05, 0.1) is 6.54 Å². The average molecular weight is 205 g/mol. The summed E-state index contributed by atoms with van der Waals surface area (Å²) in [7, 11) is 0. The fourth-order valence-electron chi connectivity index (χ4n) is 0.581. The van der Waals surface area contributed by atoms with E-state index in [1.165, 1.54) is 0 Å². The SMILES string of the molecule is CC(C)(C)OC(=O)NC[C@H](O)C(=O)O. The molecule has 0 aromatic heterocycles. The molecule has 0 bridgehead atoms. The van der Waals surface area contributed by atoms with E-state index in [1.54, 1.807) is 20.8 Å². The second-order valence-corrected chi connectivity index (χ2v) is 3.74. The van der Waals surface area contributed by atoms with E-state index in [1.807, 2.05) is 0 Å². The summed E-state index contributed by atoms with van der Waals surface area (Å²) in [4.78, 5) is 21.1. The first-order chi connectivity index (χ1) is 6.22. The van der Waals surface area contributed by atoms with Crippen molar-refractivity contribution in [1.29, 1.82) is 0 Å². The molecule has 0 aromatic carbocycles. The number of carbonyl (C=O) groups is 2. The molecule has 0 aromatic rings. The zero-order chi connectivity index (χ0) is 11.4. The molecule has 0 radical (unpaired) electrons. The molecule has 0 unspecified atom stereocenters. The maximum Gasteiger partial charge on any atom is 0.407 e. The van der Waals surface area contributed by atoms with Gasteiger partial charge in [-0.3, -0.25) is 0 Å². The van der Waals surface area contributed by atoms with E-state index >= 15 is 0 Å². The summed E-state index contributed by atoms with van der Waals surface area (Å²) < 4.78 is 4.81. The number of hydrogen-bond acceptors (Lipinski definition) is 4. The molecule has 0 aliphatic carbocycles. The zero-order valence-electron chi connectivity index (χ0n) is 8.40. The molecule has 0 rings (SSSR count). The van der Waals surface area contributed by atoms with E-state index in [9.17, 15) is 9.59 Å². The normalized spacial score (nSPS) is 13.1. The smallest absolute Gasteiger partial charge is 0.407 e. The van der Waals surface area contributed by atoms with Gasteiger partial charge in [0, 0.05) is 0 Å². The number of carboxylic acids is 1. The molecular weight excluding hydrogens is 190 g/mol. The van der Waals surface area contributed by atoms with Crippen LogP contribution < -0.4 is 5.32 Å².